The van der Waals surface area contributed by atoms with Crippen LogP contribution in [-0.4, -0.2) is 4.98 Å². The van der Waals surface area contributed by atoms with Crippen LogP contribution in [0.15, 0.2) is 54.7 Å². The van der Waals surface area contributed by atoms with Gasteiger partial charge >= 0.3 is 0 Å². The largest absolute Gasteiger partial charge is 0.398 e. The molecule has 88 valence electrons. The summed E-state index contributed by atoms with van der Waals surface area (Å²) in [4.78, 5) is 4.41. The number of pyridine rings is 1. The molecule has 0 unspecified atom stereocenters. The summed E-state index contributed by atoms with van der Waals surface area (Å²) in [6, 6.07) is 16.3. The summed E-state index contributed by atoms with van der Waals surface area (Å²) < 4.78 is 0. The fraction of sp³-hybridized carbons (Fsp3) is 0.0625. The summed E-state index contributed by atoms with van der Waals surface area (Å²) in [5, 5.41) is 2.35. The van der Waals surface area contributed by atoms with Gasteiger partial charge < -0.3 is 5.73 Å². The third kappa shape index (κ3) is 1.72. The Balaban J connectivity index is 2.40. The van der Waals surface area contributed by atoms with E-state index in [9.17, 15) is 0 Å². The molecule has 0 atom stereocenters. The van der Waals surface area contributed by atoms with E-state index in [1.54, 1.807) is 6.20 Å². The van der Waals surface area contributed by atoms with Gasteiger partial charge in [0.1, 0.15) is 0 Å². The zero-order chi connectivity index (χ0) is 12.5. The zero-order valence-corrected chi connectivity index (χ0v) is 10.2. The van der Waals surface area contributed by atoms with E-state index in [-0.39, 0.29) is 0 Å². The molecule has 0 saturated heterocycles. The van der Waals surface area contributed by atoms with Crippen LogP contribution in [0.25, 0.3) is 22.0 Å². The molecule has 2 N–H and O–H groups in total. The first kappa shape index (κ1) is 10.8. The van der Waals surface area contributed by atoms with Crippen molar-refractivity contribution in [1.29, 1.82) is 0 Å². The van der Waals surface area contributed by atoms with Gasteiger partial charge in [-0.2, -0.15) is 0 Å². The molecule has 0 amide bonds. The number of rotatable bonds is 1. The quantitative estimate of drug-likeness (QED) is 0.650. The molecule has 3 rings (SSSR count). The van der Waals surface area contributed by atoms with E-state index in [1.165, 1.54) is 10.9 Å². The summed E-state index contributed by atoms with van der Waals surface area (Å²) in [6.07, 6.45) is 1.80. The van der Waals surface area contributed by atoms with Gasteiger partial charge in [-0.05, 0) is 35.9 Å². The van der Waals surface area contributed by atoms with Gasteiger partial charge in [-0.1, -0.05) is 35.9 Å². The highest BCUT2D eigenvalue weighted by Gasteiger charge is 2.08. The molecule has 2 nitrogen and oxygen atoms in total. The molecule has 2 aromatic carbocycles. The van der Waals surface area contributed by atoms with Crippen LogP contribution in [0.1, 0.15) is 5.56 Å². The smallest absolute Gasteiger partial charge is 0.0728 e. The molecular weight excluding hydrogens is 220 g/mol. The molecule has 1 heterocycles. The molecule has 18 heavy (non-hydrogen) atoms. The number of benzene rings is 2. The molecule has 0 fully saturated rings. The number of aryl methyl sites for hydroxylation is 1. The Morgan fingerprint density at radius 2 is 1.83 bits per heavy atom. The Hall–Kier alpha value is -2.35. The summed E-state index contributed by atoms with van der Waals surface area (Å²) in [6.45, 7) is 2.09. The van der Waals surface area contributed by atoms with Crippen molar-refractivity contribution in [2.45, 2.75) is 6.92 Å². The second-order valence-corrected chi connectivity index (χ2v) is 4.47. The van der Waals surface area contributed by atoms with Crippen molar-refractivity contribution in [3.05, 3.63) is 60.3 Å². The first-order valence-corrected chi connectivity index (χ1v) is 5.96. The van der Waals surface area contributed by atoms with Crippen LogP contribution in [0.5, 0.6) is 0 Å². The second-order valence-electron chi connectivity index (χ2n) is 4.47. The second kappa shape index (κ2) is 4.15. The van der Waals surface area contributed by atoms with Crippen LogP contribution < -0.4 is 5.73 Å². The van der Waals surface area contributed by atoms with Crippen molar-refractivity contribution >= 4 is 16.5 Å². The molecule has 3 aromatic rings. The van der Waals surface area contributed by atoms with Crippen molar-refractivity contribution in [3.8, 4) is 11.3 Å². The predicted molar refractivity (Wildman–Crippen MR) is 76.3 cm³/mol. The van der Waals surface area contributed by atoms with Crippen LogP contribution in [0.2, 0.25) is 0 Å². The summed E-state index contributed by atoms with van der Waals surface area (Å²) in [7, 11) is 0. The molecule has 1 aromatic heterocycles. The van der Waals surface area contributed by atoms with Crippen molar-refractivity contribution in [2.24, 2.45) is 0 Å². The van der Waals surface area contributed by atoms with E-state index in [0.29, 0.717) is 0 Å². The van der Waals surface area contributed by atoms with E-state index < -0.39 is 0 Å². The predicted octanol–water partition coefficient (Wildman–Crippen LogP) is 3.79. The summed E-state index contributed by atoms with van der Waals surface area (Å²) in [5.74, 6) is 0. The molecule has 2 heteroatoms. The minimum absolute atomic E-state index is 0.770. The molecular formula is C16H14N2. The Bertz CT molecular complexity index is 698. The topological polar surface area (TPSA) is 38.9 Å². The van der Waals surface area contributed by atoms with Gasteiger partial charge in [0.25, 0.3) is 0 Å². The SMILES string of the molecule is Cc1ccc2ccc(N)c(-c3ccccn3)c2c1. The number of anilines is 1. The van der Waals surface area contributed by atoms with E-state index >= 15 is 0 Å². The third-order valence-electron chi connectivity index (χ3n) is 3.13. The normalized spacial score (nSPS) is 10.7. The standard InChI is InChI=1S/C16H14N2/c1-11-5-6-12-7-8-14(17)16(13(12)10-11)15-4-2-3-9-18-15/h2-10H,17H2,1H3. The van der Waals surface area contributed by atoms with Gasteiger partial charge in [0, 0.05) is 17.4 Å². The van der Waals surface area contributed by atoms with Crippen LogP contribution in [-0.2, 0) is 0 Å². The summed E-state index contributed by atoms with van der Waals surface area (Å²) in [5.41, 5.74) is 10.1. The summed E-state index contributed by atoms with van der Waals surface area (Å²) >= 11 is 0. The molecule has 0 saturated carbocycles. The Labute approximate surface area is 106 Å². The maximum Gasteiger partial charge on any atom is 0.0728 e. The van der Waals surface area contributed by atoms with Crippen LogP contribution in [0.4, 0.5) is 5.69 Å². The van der Waals surface area contributed by atoms with Crippen molar-refractivity contribution in [3.63, 3.8) is 0 Å². The van der Waals surface area contributed by atoms with Crippen molar-refractivity contribution < 1.29 is 0 Å². The number of nitrogens with zero attached hydrogens (tertiary/aromatic N) is 1. The maximum absolute atomic E-state index is 6.13. The van der Waals surface area contributed by atoms with Gasteiger partial charge in [-0.3, -0.25) is 4.98 Å². The van der Waals surface area contributed by atoms with Gasteiger partial charge in [0.2, 0.25) is 0 Å². The van der Waals surface area contributed by atoms with Gasteiger partial charge in [0.15, 0.2) is 0 Å². The molecule has 0 aliphatic rings. The lowest BCUT2D eigenvalue weighted by Crippen LogP contribution is -1.93. The van der Waals surface area contributed by atoms with Gasteiger partial charge in [0.05, 0.1) is 5.69 Å². The number of nitrogens with two attached hydrogens (primary N) is 1. The number of nitrogen functional groups attached to an aromatic ring is 1. The average molecular weight is 234 g/mol. The lowest BCUT2D eigenvalue weighted by Gasteiger charge is -2.10. The van der Waals surface area contributed by atoms with E-state index in [1.807, 2.05) is 24.3 Å². The first-order chi connectivity index (χ1) is 8.75. The molecule has 0 spiro atoms. The maximum atomic E-state index is 6.13. The van der Waals surface area contributed by atoms with E-state index in [4.69, 9.17) is 5.73 Å². The average Bonchev–Trinajstić information content (AvgIpc) is 2.39. The molecule has 0 aliphatic carbocycles. The van der Waals surface area contributed by atoms with E-state index in [0.717, 1.165) is 22.3 Å². The highest BCUT2D eigenvalue weighted by molar-refractivity contribution is 6.01. The van der Waals surface area contributed by atoms with Crippen LogP contribution in [0, 0.1) is 6.92 Å². The van der Waals surface area contributed by atoms with E-state index in [2.05, 4.69) is 36.2 Å². The monoisotopic (exact) mass is 234 g/mol. The zero-order valence-electron chi connectivity index (χ0n) is 10.2. The number of aromatic nitrogens is 1. The Morgan fingerprint density at radius 3 is 2.61 bits per heavy atom. The Kier molecular flexibility index (Phi) is 2.49. The van der Waals surface area contributed by atoms with Gasteiger partial charge in [-0.25, -0.2) is 0 Å². The van der Waals surface area contributed by atoms with Crippen molar-refractivity contribution in [2.75, 3.05) is 5.73 Å². The molecule has 0 bridgehead atoms. The third-order valence-corrected chi connectivity index (χ3v) is 3.13. The highest BCUT2D eigenvalue weighted by atomic mass is 14.7. The number of hydrogen-bond acceptors (Lipinski definition) is 2. The number of hydrogen-bond donors (Lipinski definition) is 1. The lowest BCUT2D eigenvalue weighted by atomic mass is 9.98. The Morgan fingerprint density at radius 1 is 1.00 bits per heavy atom. The fourth-order valence-electron chi connectivity index (χ4n) is 2.25. The highest BCUT2D eigenvalue weighted by Crippen LogP contribution is 2.33. The number of fused-ring (bicyclic) bond motifs is 1. The van der Waals surface area contributed by atoms with Crippen molar-refractivity contribution in [1.82, 2.24) is 4.98 Å². The first-order valence-electron chi connectivity index (χ1n) is 5.96. The fourth-order valence-corrected chi connectivity index (χ4v) is 2.25. The van der Waals surface area contributed by atoms with Crippen LogP contribution in [0.3, 0.4) is 0 Å². The minimum Gasteiger partial charge on any atom is -0.398 e. The van der Waals surface area contributed by atoms with Gasteiger partial charge in [-0.15, -0.1) is 0 Å². The molecule has 0 aliphatic heterocycles. The molecule has 0 radical (unpaired) electrons. The minimum atomic E-state index is 0.770. The van der Waals surface area contributed by atoms with Crippen LogP contribution >= 0.6 is 0 Å². The lowest BCUT2D eigenvalue weighted by molar-refractivity contribution is 1.33.